The minimum Gasteiger partial charge on any atom is -0.497 e. The molecule has 0 aliphatic heterocycles. The van der Waals surface area contributed by atoms with E-state index in [1.165, 1.54) is 19.2 Å². The second kappa shape index (κ2) is 5.73. The molecule has 1 heterocycles. The van der Waals surface area contributed by atoms with Gasteiger partial charge in [0.25, 0.3) is 0 Å². The third-order valence-corrected chi connectivity index (χ3v) is 2.81. The summed E-state index contributed by atoms with van der Waals surface area (Å²) in [5, 5.41) is 3.65. The monoisotopic (exact) mass is 279 g/mol. The van der Waals surface area contributed by atoms with Crippen molar-refractivity contribution in [2.45, 2.75) is 13.8 Å². The maximum Gasteiger partial charge on any atom is 0.360 e. The highest BCUT2D eigenvalue weighted by Crippen LogP contribution is 2.30. The predicted octanol–water partition coefficient (Wildman–Crippen LogP) is 2.97. The van der Waals surface area contributed by atoms with Gasteiger partial charge in [0.15, 0.2) is 11.5 Å². The number of hydrogen-bond donors (Lipinski definition) is 0. The number of hydrogen-bond acceptors (Lipinski definition) is 5. The fourth-order valence-electron chi connectivity index (χ4n) is 1.78. The fourth-order valence-corrected chi connectivity index (χ4v) is 1.78. The fraction of sp³-hybridized carbons (Fsp3) is 0.286. The van der Waals surface area contributed by atoms with E-state index in [0.717, 1.165) is 0 Å². The van der Waals surface area contributed by atoms with Crippen LogP contribution in [0.25, 0.3) is 11.3 Å². The molecule has 0 saturated carbocycles. The molecule has 20 heavy (non-hydrogen) atoms. The van der Waals surface area contributed by atoms with Crippen molar-refractivity contribution in [3.05, 3.63) is 35.3 Å². The van der Waals surface area contributed by atoms with E-state index in [9.17, 15) is 9.18 Å². The number of nitrogens with zero attached hydrogens (tertiary/aromatic N) is 1. The number of methoxy groups -OCH3 is 1. The molecule has 1 aromatic heterocycles. The smallest absolute Gasteiger partial charge is 0.360 e. The van der Waals surface area contributed by atoms with E-state index in [-0.39, 0.29) is 23.6 Å². The molecule has 0 amide bonds. The first-order valence-corrected chi connectivity index (χ1v) is 6.05. The van der Waals surface area contributed by atoms with Crippen molar-refractivity contribution >= 4 is 5.97 Å². The van der Waals surface area contributed by atoms with Crippen LogP contribution in [0.3, 0.4) is 0 Å². The molecule has 0 atom stereocenters. The summed E-state index contributed by atoms with van der Waals surface area (Å²) in [4.78, 5) is 11.6. The molecule has 0 bridgehead atoms. The lowest BCUT2D eigenvalue weighted by Gasteiger charge is -2.03. The SMILES string of the molecule is CCOC(=O)c1noc(-c2ccc(OC)cc2F)c1C. The molecule has 0 radical (unpaired) electrons. The van der Waals surface area contributed by atoms with E-state index in [4.69, 9.17) is 14.0 Å². The quantitative estimate of drug-likeness (QED) is 0.805. The first-order valence-electron chi connectivity index (χ1n) is 6.05. The highest BCUT2D eigenvalue weighted by atomic mass is 19.1. The van der Waals surface area contributed by atoms with Gasteiger partial charge in [-0.15, -0.1) is 0 Å². The number of carbonyl (C=O) groups excluding carboxylic acids is 1. The number of halogens is 1. The number of benzene rings is 1. The second-order valence-corrected chi connectivity index (χ2v) is 4.05. The minimum atomic E-state index is -0.589. The summed E-state index contributed by atoms with van der Waals surface area (Å²) in [6.07, 6.45) is 0. The average molecular weight is 279 g/mol. The lowest BCUT2D eigenvalue weighted by Crippen LogP contribution is -2.06. The Morgan fingerprint density at radius 2 is 2.20 bits per heavy atom. The van der Waals surface area contributed by atoms with Crippen molar-refractivity contribution < 1.29 is 23.2 Å². The van der Waals surface area contributed by atoms with Crippen molar-refractivity contribution in [3.63, 3.8) is 0 Å². The topological polar surface area (TPSA) is 61.6 Å². The van der Waals surface area contributed by atoms with Gasteiger partial charge in [-0.1, -0.05) is 5.16 Å². The molecule has 0 aliphatic carbocycles. The third kappa shape index (κ3) is 2.49. The van der Waals surface area contributed by atoms with Crippen LogP contribution < -0.4 is 4.74 Å². The number of rotatable bonds is 4. The summed E-state index contributed by atoms with van der Waals surface area (Å²) in [5.74, 6) is -0.504. The molecular weight excluding hydrogens is 265 g/mol. The van der Waals surface area contributed by atoms with Crippen molar-refractivity contribution in [1.29, 1.82) is 0 Å². The Labute approximate surface area is 115 Å². The molecule has 106 valence electrons. The largest absolute Gasteiger partial charge is 0.497 e. The molecule has 2 rings (SSSR count). The Kier molecular flexibility index (Phi) is 4.02. The molecule has 2 aromatic rings. The van der Waals surface area contributed by atoms with Gasteiger partial charge in [0, 0.05) is 11.6 Å². The van der Waals surface area contributed by atoms with Crippen molar-refractivity contribution in [1.82, 2.24) is 5.16 Å². The second-order valence-electron chi connectivity index (χ2n) is 4.05. The van der Waals surface area contributed by atoms with E-state index in [2.05, 4.69) is 5.16 Å². The number of carbonyl (C=O) groups is 1. The zero-order chi connectivity index (χ0) is 14.7. The zero-order valence-electron chi connectivity index (χ0n) is 11.4. The molecule has 5 nitrogen and oxygen atoms in total. The van der Waals surface area contributed by atoms with E-state index in [1.54, 1.807) is 19.9 Å². The Balaban J connectivity index is 2.42. The minimum absolute atomic E-state index is 0.0528. The lowest BCUT2D eigenvalue weighted by atomic mass is 10.1. The summed E-state index contributed by atoms with van der Waals surface area (Å²) >= 11 is 0. The van der Waals surface area contributed by atoms with Crippen LogP contribution in [0, 0.1) is 12.7 Å². The Morgan fingerprint density at radius 1 is 1.45 bits per heavy atom. The van der Waals surface area contributed by atoms with Crippen LogP contribution in [0.2, 0.25) is 0 Å². The van der Waals surface area contributed by atoms with Gasteiger partial charge in [-0.25, -0.2) is 9.18 Å². The highest BCUT2D eigenvalue weighted by Gasteiger charge is 2.22. The number of esters is 1. The average Bonchev–Trinajstić information content (AvgIpc) is 2.80. The van der Waals surface area contributed by atoms with E-state index >= 15 is 0 Å². The molecular formula is C14H14FNO4. The lowest BCUT2D eigenvalue weighted by molar-refractivity contribution is 0.0514. The molecule has 1 aromatic carbocycles. The van der Waals surface area contributed by atoms with E-state index in [1.807, 2.05) is 0 Å². The summed E-state index contributed by atoms with van der Waals surface area (Å²) in [7, 11) is 1.45. The van der Waals surface area contributed by atoms with Gasteiger partial charge < -0.3 is 14.0 Å². The van der Waals surface area contributed by atoms with Gasteiger partial charge in [-0.05, 0) is 26.0 Å². The van der Waals surface area contributed by atoms with Crippen LogP contribution in [0.4, 0.5) is 4.39 Å². The maximum absolute atomic E-state index is 14.0. The van der Waals surface area contributed by atoms with Gasteiger partial charge >= 0.3 is 5.97 Å². The van der Waals surface area contributed by atoms with E-state index in [0.29, 0.717) is 11.3 Å². The zero-order valence-corrected chi connectivity index (χ0v) is 11.4. The van der Waals surface area contributed by atoms with Crippen LogP contribution in [0.15, 0.2) is 22.7 Å². The van der Waals surface area contributed by atoms with Crippen LogP contribution in [0.5, 0.6) is 5.75 Å². The molecule has 6 heteroatoms. The van der Waals surface area contributed by atoms with Gasteiger partial charge in [0.2, 0.25) is 0 Å². The van der Waals surface area contributed by atoms with Crippen LogP contribution >= 0.6 is 0 Å². The molecule has 0 spiro atoms. The van der Waals surface area contributed by atoms with Crippen molar-refractivity contribution in [2.24, 2.45) is 0 Å². The Morgan fingerprint density at radius 3 is 2.80 bits per heavy atom. The summed E-state index contributed by atoms with van der Waals surface area (Å²) in [5.41, 5.74) is 0.705. The molecule has 0 unspecified atom stereocenters. The molecule has 0 saturated heterocycles. The van der Waals surface area contributed by atoms with Crippen LogP contribution in [0.1, 0.15) is 23.0 Å². The first-order chi connectivity index (χ1) is 9.58. The number of aromatic nitrogens is 1. The first kappa shape index (κ1) is 14.0. The van der Waals surface area contributed by atoms with Gasteiger partial charge in [0.1, 0.15) is 11.6 Å². The molecule has 0 N–H and O–H groups in total. The molecule has 0 aliphatic rings. The standard InChI is InChI=1S/C14H14FNO4/c1-4-19-14(17)12-8(2)13(20-16-12)10-6-5-9(18-3)7-11(10)15/h5-7H,4H2,1-3H3. The predicted molar refractivity (Wildman–Crippen MR) is 69.1 cm³/mol. The van der Waals surface area contributed by atoms with Crippen molar-refractivity contribution in [2.75, 3.05) is 13.7 Å². The third-order valence-electron chi connectivity index (χ3n) is 2.81. The van der Waals surface area contributed by atoms with Crippen LogP contribution in [-0.4, -0.2) is 24.8 Å². The number of ether oxygens (including phenoxy) is 2. The van der Waals surface area contributed by atoms with Gasteiger partial charge in [-0.2, -0.15) is 0 Å². The maximum atomic E-state index is 14.0. The normalized spacial score (nSPS) is 10.4. The van der Waals surface area contributed by atoms with Crippen LogP contribution in [-0.2, 0) is 4.74 Å². The van der Waals surface area contributed by atoms with Crippen molar-refractivity contribution in [3.8, 4) is 17.1 Å². The summed E-state index contributed by atoms with van der Waals surface area (Å²) < 4.78 is 28.8. The summed E-state index contributed by atoms with van der Waals surface area (Å²) in [6.45, 7) is 3.55. The highest BCUT2D eigenvalue weighted by molar-refractivity contribution is 5.90. The molecule has 0 fully saturated rings. The summed E-state index contributed by atoms with van der Waals surface area (Å²) in [6, 6.07) is 4.35. The van der Waals surface area contributed by atoms with Gasteiger partial charge in [0.05, 0.1) is 19.3 Å². The van der Waals surface area contributed by atoms with E-state index < -0.39 is 11.8 Å². The Bertz CT molecular complexity index is 636. The van der Waals surface area contributed by atoms with Gasteiger partial charge in [-0.3, -0.25) is 0 Å². The Hall–Kier alpha value is -2.37.